The van der Waals surface area contributed by atoms with Crippen LogP contribution in [0.3, 0.4) is 0 Å². The second kappa shape index (κ2) is 4.03. The van der Waals surface area contributed by atoms with Gasteiger partial charge in [-0.2, -0.15) is 0 Å². The van der Waals surface area contributed by atoms with Crippen molar-refractivity contribution in [3.05, 3.63) is 23.4 Å². The first-order chi connectivity index (χ1) is 6.09. The van der Waals surface area contributed by atoms with Gasteiger partial charge in [0.05, 0.1) is 0 Å². The largest absolute Gasteiger partial charge is 0.330 e. The van der Waals surface area contributed by atoms with Gasteiger partial charge in [-0.3, -0.25) is 9.59 Å². The van der Waals surface area contributed by atoms with Gasteiger partial charge < -0.3 is 5.32 Å². The second-order valence-corrected chi connectivity index (χ2v) is 3.12. The van der Waals surface area contributed by atoms with E-state index in [1.807, 2.05) is 0 Å². The molecule has 3 nitrogen and oxygen atoms in total. The lowest BCUT2D eigenvalue weighted by atomic mass is 10.00. The van der Waals surface area contributed by atoms with Gasteiger partial charge >= 0.3 is 0 Å². The first kappa shape index (κ1) is 9.71. The summed E-state index contributed by atoms with van der Waals surface area (Å²) in [6, 6.07) is 0. The van der Waals surface area contributed by atoms with Gasteiger partial charge in [0.1, 0.15) is 0 Å². The normalized spacial score (nSPS) is 15.8. The molecule has 0 saturated heterocycles. The third-order valence-electron chi connectivity index (χ3n) is 1.94. The summed E-state index contributed by atoms with van der Waals surface area (Å²) < 4.78 is 0. The van der Waals surface area contributed by atoms with Crippen molar-refractivity contribution in [1.82, 2.24) is 5.32 Å². The van der Waals surface area contributed by atoms with E-state index in [9.17, 15) is 9.59 Å². The number of Topliss-reactive ketones (excluding diaryl/α,β-unsaturated/α-hetero) is 1. The Balaban J connectivity index is 2.65. The topological polar surface area (TPSA) is 46.2 Å². The van der Waals surface area contributed by atoms with E-state index in [0.29, 0.717) is 0 Å². The lowest BCUT2D eigenvalue weighted by Gasteiger charge is -2.12. The number of amides is 1. The summed E-state index contributed by atoms with van der Waals surface area (Å²) in [6.45, 7) is 3.04. The van der Waals surface area contributed by atoms with Crippen LogP contribution >= 0.6 is 0 Å². The van der Waals surface area contributed by atoms with Gasteiger partial charge in [-0.25, -0.2) is 0 Å². The molecule has 0 unspecified atom stereocenters. The highest BCUT2D eigenvalue weighted by molar-refractivity contribution is 5.93. The van der Waals surface area contributed by atoms with E-state index < -0.39 is 0 Å². The van der Waals surface area contributed by atoms with Crippen molar-refractivity contribution in [3.63, 3.8) is 0 Å². The van der Waals surface area contributed by atoms with Gasteiger partial charge in [0.25, 0.3) is 0 Å². The average Bonchev–Trinajstić information content (AvgIpc) is 2.04. The van der Waals surface area contributed by atoms with Crippen LogP contribution in [0, 0.1) is 0 Å². The van der Waals surface area contributed by atoms with Crippen molar-refractivity contribution in [3.8, 4) is 0 Å². The van der Waals surface area contributed by atoms with Crippen LogP contribution in [0.2, 0.25) is 0 Å². The highest BCUT2D eigenvalue weighted by Crippen LogP contribution is 2.16. The predicted octanol–water partition coefficient (Wildman–Crippen LogP) is 1.32. The number of rotatable bonds is 2. The maximum Gasteiger partial charge on any atom is 0.220 e. The minimum absolute atomic E-state index is 0.0640. The quantitative estimate of drug-likeness (QED) is 0.694. The van der Waals surface area contributed by atoms with E-state index in [-0.39, 0.29) is 11.7 Å². The first-order valence-electron chi connectivity index (χ1n) is 4.28. The molecule has 0 aromatic carbocycles. The van der Waals surface area contributed by atoms with Gasteiger partial charge in [0.15, 0.2) is 5.78 Å². The molecule has 0 aromatic rings. The molecule has 0 saturated carbocycles. The average molecular weight is 179 g/mol. The zero-order valence-electron chi connectivity index (χ0n) is 7.89. The SMILES string of the molecule is CC(=O)NC1=CC=C(C(C)=O)CC1. The van der Waals surface area contributed by atoms with Gasteiger partial charge in [-0.05, 0) is 31.4 Å². The standard InChI is InChI=1S/C10H13NO2/c1-7(12)9-3-5-10(6-4-9)11-8(2)13/h3,5H,4,6H2,1-2H3,(H,11,13). The third-order valence-corrected chi connectivity index (χ3v) is 1.94. The Bertz CT molecular complexity index is 300. The van der Waals surface area contributed by atoms with Gasteiger partial charge in [0, 0.05) is 12.6 Å². The second-order valence-electron chi connectivity index (χ2n) is 3.12. The van der Waals surface area contributed by atoms with E-state index in [4.69, 9.17) is 0 Å². The van der Waals surface area contributed by atoms with E-state index in [0.717, 1.165) is 24.1 Å². The Labute approximate surface area is 77.5 Å². The van der Waals surface area contributed by atoms with Gasteiger partial charge in [0.2, 0.25) is 5.91 Å². The molecule has 0 fully saturated rings. The lowest BCUT2D eigenvalue weighted by Crippen LogP contribution is -2.20. The molecule has 0 aromatic heterocycles. The number of carbonyl (C=O) groups is 2. The third kappa shape index (κ3) is 2.86. The van der Waals surface area contributed by atoms with Crippen LogP contribution in [0.15, 0.2) is 23.4 Å². The molecular weight excluding hydrogens is 166 g/mol. The maximum absolute atomic E-state index is 10.9. The number of carbonyl (C=O) groups excluding carboxylic acids is 2. The van der Waals surface area contributed by atoms with E-state index in [1.54, 1.807) is 19.1 Å². The molecule has 0 aliphatic heterocycles. The summed E-state index contributed by atoms with van der Waals surface area (Å²) in [5.41, 5.74) is 1.71. The van der Waals surface area contributed by atoms with Gasteiger partial charge in [-0.15, -0.1) is 0 Å². The zero-order valence-corrected chi connectivity index (χ0v) is 7.89. The Morgan fingerprint density at radius 3 is 2.31 bits per heavy atom. The highest BCUT2D eigenvalue weighted by Gasteiger charge is 2.09. The van der Waals surface area contributed by atoms with E-state index >= 15 is 0 Å². The minimum atomic E-state index is -0.0640. The molecule has 0 radical (unpaired) electrons. The van der Waals surface area contributed by atoms with Crippen LogP contribution in [0.1, 0.15) is 26.7 Å². The molecule has 1 aliphatic rings. The Morgan fingerprint density at radius 2 is 1.92 bits per heavy atom. The van der Waals surface area contributed by atoms with E-state index in [1.165, 1.54) is 6.92 Å². The summed E-state index contributed by atoms with van der Waals surface area (Å²) >= 11 is 0. The van der Waals surface area contributed by atoms with Crippen LogP contribution in [0.5, 0.6) is 0 Å². The number of nitrogens with one attached hydrogen (secondary N) is 1. The summed E-state index contributed by atoms with van der Waals surface area (Å²) in [4.78, 5) is 21.6. The molecule has 1 amide bonds. The number of hydrogen-bond acceptors (Lipinski definition) is 2. The minimum Gasteiger partial charge on any atom is -0.330 e. The number of allylic oxidation sites excluding steroid dienone is 4. The Morgan fingerprint density at radius 1 is 1.23 bits per heavy atom. The van der Waals surface area contributed by atoms with Gasteiger partial charge in [-0.1, -0.05) is 6.08 Å². The van der Waals surface area contributed by atoms with Crippen LogP contribution in [-0.2, 0) is 9.59 Å². The molecule has 0 spiro atoms. The summed E-state index contributed by atoms with van der Waals surface area (Å²) in [7, 11) is 0. The number of ketones is 1. The highest BCUT2D eigenvalue weighted by atomic mass is 16.1. The van der Waals surface area contributed by atoms with Crippen LogP contribution in [-0.4, -0.2) is 11.7 Å². The molecule has 3 heteroatoms. The summed E-state index contributed by atoms with van der Waals surface area (Å²) in [5.74, 6) is 0.0454. The molecular formula is C10H13NO2. The Kier molecular flexibility index (Phi) is 3.01. The van der Waals surface area contributed by atoms with Crippen molar-refractivity contribution >= 4 is 11.7 Å². The fourth-order valence-electron chi connectivity index (χ4n) is 1.26. The van der Waals surface area contributed by atoms with Crippen molar-refractivity contribution in [2.24, 2.45) is 0 Å². The number of hydrogen-bond donors (Lipinski definition) is 1. The summed E-state index contributed by atoms with van der Waals surface area (Å²) in [5, 5.41) is 2.71. The van der Waals surface area contributed by atoms with E-state index in [2.05, 4.69) is 5.32 Å². The zero-order chi connectivity index (χ0) is 9.84. The predicted molar refractivity (Wildman–Crippen MR) is 49.9 cm³/mol. The van der Waals surface area contributed by atoms with Crippen molar-refractivity contribution < 1.29 is 9.59 Å². The summed E-state index contributed by atoms with van der Waals surface area (Å²) in [6.07, 6.45) is 5.03. The molecule has 0 bridgehead atoms. The molecule has 0 atom stereocenters. The first-order valence-corrected chi connectivity index (χ1v) is 4.28. The smallest absolute Gasteiger partial charge is 0.220 e. The molecule has 1 N–H and O–H groups in total. The monoisotopic (exact) mass is 179 g/mol. The van der Waals surface area contributed by atoms with Crippen LogP contribution in [0.4, 0.5) is 0 Å². The fourth-order valence-corrected chi connectivity index (χ4v) is 1.26. The van der Waals surface area contributed by atoms with Crippen LogP contribution in [0.25, 0.3) is 0 Å². The maximum atomic E-state index is 10.9. The van der Waals surface area contributed by atoms with Crippen LogP contribution < -0.4 is 5.32 Å². The molecule has 1 aliphatic carbocycles. The van der Waals surface area contributed by atoms with Crippen molar-refractivity contribution in [2.45, 2.75) is 26.7 Å². The van der Waals surface area contributed by atoms with Crippen molar-refractivity contribution in [1.29, 1.82) is 0 Å². The lowest BCUT2D eigenvalue weighted by molar-refractivity contribution is -0.118. The molecule has 13 heavy (non-hydrogen) atoms. The molecule has 0 heterocycles. The fraction of sp³-hybridized carbons (Fsp3) is 0.400. The Hall–Kier alpha value is -1.38. The molecule has 1 rings (SSSR count). The molecule has 70 valence electrons. The van der Waals surface area contributed by atoms with Crippen molar-refractivity contribution in [2.75, 3.05) is 0 Å².